The molecular formula is C24H34N6O6. The Balaban J connectivity index is 1.47. The van der Waals surface area contributed by atoms with Gasteiger partial charge in [0, 0.05) is 50.8 Å². The highest BCUT2D eigenvalue weighted by molar-refractivity contribution is 5.89. The van der Waals surface area contributed by atoms with Crippen LogP contribution in [0, 0.1) is 5.92 Å². The zero-order valence-electron chi connectivity index (χ0n) is 20.9. The average Bonchev–Trinajstić information content (AvgIpc) is 3.52. The molecule has 2 aliphatic rings. The van der Waals surface area contributed by atoms with Crippen molar-refractivity contribution in [1.82, 2.24) is 24.8 Å². The van der Waals surface area contributed by atoms with Gasteiger partial charge >= 0.3 is 6.03 Å². The molecule has 0 aliphatic carbocycles. The molecule has 12 heteroatoms. The van der Waals surface area contributed by atoms with Gasteiger partial charge < -0.3 is 34.4 Å². The molecular weight excluding hydrogens is 468 g/mol. The number of nitrogens with one attached hydrogen (secondary N) is 1. The Morgan fingerprint density at radius 2 is 2.14 bits per heavy atom. The van der Waals surface area contributed by atoms with E-state index in [0.717, 1.165) is 0 Å². The molecule has 3 atom stereocenters. The first-order valence-electron chi connectivity index (χ1n) is 12.2. The number of benzene rings is 1. The van der Waals surface area contributed by atoms with Crippen molar-refractivity contribution in [2.24, 2.45) is 5.92 Å². The van der Waals surface area contributed by atoms with E-state index in [1.807, 2.05) is 20.0 Å². The lowest BCUT2D eigenvalue weighted by molar-refractivity contribution is -0.136. The number of aliphatic hydroxyl groups is 1. The van der Waals surface area contributed by atoms with E-state index in [0.29, 0.717) is 48.8 Å². The number of carbonyl (C=O) groups is 2. The Morgan fingerprint density at radius 1 is 1.33 bits per heavy atom. The van der Waals surface area contributed by atoms with Gasteiger partial charge in [0.25, 0.3) is 0 Å². The first-order chi connectivity index (χ1) is 17.3. The maximum Gasteiger partial charge on any atom is 0.321 e. The predicted octanol–water partition coefficient (Wildman–Crippen LogP) is 1.70. The quantitative estimate of drug-likeness (QED) is 0.632. The van der Waals surface area contributed by atoms with Crippen LogP contribution < -0.4 is 14.8 Å². The smallest absolute Gasteiger partial charge is 0.321 e. The highest BCUT2D eigenvalue weighted by Crippen LogP contribution is 2.34. The van der Waals surface area contributed by atoms with Gasteiger partial charge in [-0.25, -0.2) is 4.79 Å². The molecule has 0 radical (unpaired) electrons. The SMILES string of the molecule is C[C@H]1CN([C@@H](C)CO)C(=O)CCCn2cc(nn2)CO[C@H]1CN(C)C(=O)Nc1ccc2c(c1)OCO2. The molecule has 12 nitrogen and oxygen atoms in total. The zero-order chi connectivity index (χ0) is 25.7. The summed E-state index contributed by atoms with van der Waals surface area (Å²) in [5, 5.41) is 20.9. The Kier molecular flexibility index (Phi) is 8.26. The van der Waals surface area contributed by atoms with Crippen molar-refractivity contribution >= 4 is 17.6 Å². The van der Waals surface area contributed by atoms with Gasteiger partial charge in [-0.1, -0.05) is 12.1 Å². The molecule has 0 unspecified atom stereocenters. The molecule has 2 bridgehead atoms. The van der Waals surface area contributed by atoms with E-state index in [1.54, 1.807) is 39.7 Å². The molecule has 2 N–H and O–H groups in total. The second-order valence-electron chi connectivity index (χ2n) is 9.36. The number of likely N-dealkylation sites (N-methyl/N-ethyl adjacent to an activating group) is 1. The van der Waals surface area contributed by atoms with Crippen LogP contribution >= 0.6 is 0 Å². The summed E-state index contributed by atoms with van der Waals surface area (Å²) < 4.78 is 18.6. The number of hydrogen-bond acceptors (Lipinski definition) is 8. The van der Waals surface area contributed by atoms with Crippen LogP contribution in [0.2, 0.25) is 0 Å². The lowest BCUT2D eigenvalue weighted by Crippen LogP contribution is -2.48. The molecule has 3 heterocycles. The molecule has 0 saturated heterocycles. The second kappa shape index (κ2) is 11.6. The lowest BCUT2D eigenvalue weighted by Gasteiger charge is -2.35. The van der Waals surface area contributed by atoms with Crippen molar-refractivity contribution in [3.05, 3.63) is 30.1 Å². The number of anilines is 1. The molecule has 196 valence electrons. The van der Waals surface area contributed by atoms with Gasteiger partial charge in [0.05, 0.1) is 31.6 Å². The third-order valence-corrected chi connectivity index (χ3v) is 6.47. The molecule has 4 rings (SSSR count). The average molecular weight is 503 g/mol. The summed E-state index contributed by atoms with van der Waals surface area (Å²) in [5.74, 6) is 1.06. The van der Waals surface area contributed by atoms with Crippen LogP contribution in [0.25, 0.3) is 0 Å². The Morgan fingerprint density at radius 3 is 2.94 bits per heavy atom. The van der Waals surface area contributed by atoms with Gasteiger partial charge in [-0.2, -0.15) is 0 Å². The maximum absolute atomic E-state index is 13.0. The largest absolute Gasteiger partial charge is 0.454 e. The Labute approximate surface area is 210 Å². The number of rotatable bonds is 5. The molecule has 0 saturated carbocycles. The highest BCUT2D eigenvalue weighted by Gasteiger charge is 2.29. The molecule has 3 amide bonds. The summed E-state index contributed by atoms with van der Waals surface area (Å²) in [5.41, 5.74) is 1.27. The number of aryl methyl sites for hydroxylation is 1. The fourth-order valence-electron chi connectivity index (χ4n) is 4.24. The van der Waals surface area contributed by atoms with Crippen LogP contribution in [0.5, 0.6) is 11.5 Å². The van der Waals surface area contributed by atoms with Crippen molar-refractivity contribution in [3.63, 3.8) is 0 Å². The molecule has 0 spiro atoms. The van der Waals surface area contributed by atoms with Gasteiger partial charge in [-0.05, 0) is 25.5 Å². The molecule has 2 aromatic rings. The van der Waals surface area contributed by atoms with Gasteiger partial charge in [0.15, 0.2) is 11.5 Å². The highest BCUT2D eigenvalue weighted by atomic mass is 16.7. The standard InChI is InChI=1S/C24H34N6O6/c1-16-10-30(17(2)13-31)23(32)5-4-8-29-11-19(26-27-29)14-34-22(16)12-28(3)24(33)25-18-6-7-20-21(9-18)36-15-35-20/h6-7,9,11,16-17,22,31H,4-5,8,10,12-15H2,1-3H3,(H,25,33)/t16-,17-,22-/m0/s1. The fraction of sp³-hybridized carbons (Fsp3) is 0.583. The van der Waals surface area contributed by atoms with Crippen LogP contribution in [0.4, 0.5) is 10.5 Å². The summed E-state index contributed by atoms with van der Waals surface area (Å²) in [7, 11) is 1.69. The van der Waals surface area contributed by atoms with E-state index in [9.17, 15) is 14.7 Å². The van der Waals surface area contributed by atoms with Crippen molar-refractivity contribution < 1.29 is 28.9 Å². The van der Waals surface area contributed by atoms with E-state index in [1.165, 1.54) is 0 Å². The summed E-state index contributed by atoms with van der Waals surface area (Å²) >= 11 is 0. The fourth-order valence-corrected chi connectivity index (χ4v) is 4.24. The van der Waals surface area contributed by atoms with Crippen molar-refractivity contribution in [2.75, 3.05) is 38.9 Å². The molecule has 0 fully saturated rings. The number of carbonyl (C=O) groups excluding carboxylic acids is 2. The first kappa shape index (κ1) is 25.7. The Bertz CT molecular complexity index is 1060. The minimum atomic E-state index is -0.399. The monoisotopic (exact) mass is 502 g/mol. The number of amides is 3. The van der Waals surface area contributed by atoms with Crippen LogP contribution in [0.15, 0.2) is 24.4 Å². The number of ether oxygens (including phenoxy) is 3. The number of nitrogens with zero attached hydrogens (tertiary/aromatic N) is 5. The number of fused-ring (bicyclic) bond motifs is 3. The predicted molar refractivity (Wildman–Crippen MR) is 129 cm³/mol. The van der Waals surface area contributed by atoms with Crippen LogP contribution in [-0.4, -0.2) is 87.5 Å². The van der Waals surface area contributed by atoms with E-state index >= 15 is 0 Å². The number of urea groups is 1. The summed E-state index contributed by atoms with van der Waals surface area (Å²) in [6.07, 6.45) is 2.38. The number of aliphatic hydroxyl groups excluding tert-OH is 1. The second-order valence-corrected chi connectivity index (χ2v) is 9.36. The van der Waals surface area contributed by atoms with E-state index in [4.69, 9.17) is 14.2 Å². The van der Waals surface area contributed by atoms with E-state index in [2.05, 4.69) is 15.6 Å². The normalized spacial score (nSPS) is 21.2. The van der Waals surface area contributed by atoms with Crippen LogP contribution in [0.1, 0.15) is 32.4 Å². The molecule has 1 aromatic carbocycles. The molecule has 36 heavy (non-hydrogen) atoms. The minimum Gasteiger partial charge on any atom is -0.454 e. The van der Waals surface area contributed by atoms with E-state index < -0.39 is 6.10 Å². The summed E-state index contributed by atoms with van der Waals surface area (Å²) in [4.78, 5) is 29.2. The van der Waals surface area contributed by atoms with Crippen LogP contribution in [-0.2, 0) is 22.7 Å². The zero-order valence-corrected chi connectivity index (χ0v) is 20.9. The lowest BCUT2D eigenvalue weighted by atomic mass is 10.0. The van der Waals surface area contributed by atoms with Gasteiger partial charge in [0.1, 0.15) is 5.69 Å². The van der Waals surface area contributed by atoms with Gasteiger partial charge in [-0.15, -0.1) is 5.10 Å². The molecule has 1 aromatic heterocycles. The summed E-state index contributed by atoms with van der Waals surface area (Å²) in [6, 6.07) is 4.58. The van der Waals surface area contributed by atoms with Crippen LogP contribution in [0.3, 0.4) is 0 Å². The number of aromatic nitrogens is 3. The topological polar surface area (TPSA) is 131 Å². The van der Waals surface area contributed by atoms with Crippen molar-refractivity contribution in [1.29, 1.82) is 0 Å². The maximum atomic E-state index is 13.0. The summed E-state index contributed by atoms with van der Waals surface area (Å²) in [6.45, 7) is 5.31. The Hall–Kier alpha value is -3.38. The third-order valence-electron chi connectivity index (χ3n) is 6.47. The minimum absolute atomic E-state index is 0.0318. The molecule has 2 aliphatic heterocycles. The first-order valence-corrected chi connectivity index (χ1v) is 12.2. The number of hydrogen-bond donors (Lipinski definition) is 2. The third kappa shape index (κ3) is 6.24. The van der Waals surface area contributed by atoms with Crippen molar-refractivity contribution in [3.8, 4) is 11.5 Å². The van der Waals surface area contributed by atoms with E-state index in [-0.39, 0.29) is 50.4 Å². The van der Waals surface area contributed by atoms with Crippen molar-refractivity contribution in [2.45, 2.75) is 52.0 Å². The van der Waals surface area contributed by atoms with Gasteiger partial charge in [0.2, 0.25) is 12.7 Å². The van der Waals surface area contributed by atoms with Gasteiger partial charge in [-0.3, -0.25) is 9.48 Å².